The lowest BCUT2D eigenvalue weighted by Gasteiger charge is -2.11. The number of nitrogen functional groups attached to an aromatic ring is 1. The summed E-state index contributed by atoms with van der Waals surface area (Å²) in [5.74, 6) is 0. The van der Waals surface area contributed by atoms with Crippen LogP contribution in [0.3, 0.4) is 0 Å². The van der Waals surface area contributed by atoms with E-state index in [9.17, 15) is 0 Å². The van der Waals surface area contributed by atoms with Crippen LogP contribution in [0.25, 0.3) is 0 Å². The molecule has 0 aromatic heterocycles. The van der Waals surface area contributed by atoms with E-state index >= 15 is 0 Å². The normalized spacial score (nSPS) is 10.1. The number of nitrogens with two attached hydrogens (primary N) is 1. The third-order valence-corrected chi connectivity index (χ3v) is 3.13. The highest BCUT2D eigenvalue weighted by atomic mass is 32.2. The minimum absolute atomic E-state index is 0.762. The highest BCUT2D eigenvalue weighted by Gasteiger charge is 2.02. The van der Waals surface area contributed by atoms with Crippen molar-refractivity contribution in [1.82, 2.24) is 0 Å². The van der Waals surface area contributed by atoms with Gasteiger partial charge < -0.3 is 11.1 Å². The van der Waals surface area contributed by atoms with Gasteiger partial charge in [-0.15, -0.1) is 11.8 Å². The fourth-order valence-electron chi connectivity index (χ4n) is 1.50. The van der Waals surface area contributed by atoms with Gasteiger partial charge in [0, 0.05) is 4.90 Å². The van der Waals surface area contributed by atoms with Crippen molar-refractivity contribution < 1.29 is 0 Å². The summed E-state index contributed by atoms with van der Waals surface area (Å²) < 4.78 is 0. The van der Waals surface area contributed by atoms with E-state index in [2.05, 4.69) is 23.7 Å². The Morgan fingerprint density at radius 1 is 0.938 bits per heavy atom. The summed E-state index contributed by atoms with van der Waals surface area (Å²) in [5.41, 5.74) is 8.69. The SMILES string of the molecule is CSc1ccccc1Nc1ccccc1N. The molecule has 0 saturated carbocycles. The van der Waals surface area contributed by atoms with Crippen molar-refractivity contribution in [1.29, 1.82) is 0 Å². The maximum absolute atomic E-state index is 5.89. The van der Waals surface area contributed by atoms with Gasteiger partial charge in [0.2, 0.25) is 0 Å². The van der Waals surface area contributed by atoms with Crippen molar-refractivity contribution in [2.24, 2.45) is 0 Å². The van der Waals surface area contributed by atoms with Crippen LogP contribution in [0.1, 0.15) is 0 Å². The standard InChI is InChI=1S/C13H14N2S/c1-16-13-9-5-4-8-12(13)15-11-7-3-2-6-10(11)14/h2-9,15H,14H2,1H3. The summed E-state index contributed by atoms with van der Waals surface area (Å²) in [4.78, 5) is 1.21. The van der Waals surface area contributed by atoms with Crippen LogP contribution in [0.4, 0.5) is 17.1 Å². The molecule has 0 aliphatic heterocycles. The fraction of sp³-hybridized carbons (Fsp3) is 0.0769. The quantitative estimate of drug-likeness (QED) is 0.623. The zero-order valence-corrected chi connectivity index (χ0v) is 9.92. The number of para-hydroxylation sites is 3. The average Bonchev–Trinajstić information content (AvgIpc) is 2.33. The molecule has 0 heterocycles. The van der Waals surface area contributed by atoms with Crippen molar-refractivity contribution in [2.75, 3.05) is 17.3 Å². The molecule has 3 N–H and O–H groups in total. The van der Waals surface area contributed by atoms with E-state index in [0.29, 0.717) is 0 Å². The summed E-state index contributed by atoms with van der Waals surface area (Å²) in [6, 6.07) is 16.0. The van der Waals surface area contributed by atoms with Crippen molar-refractivity contribution in [2.45, 2.75) is 4.90 Å². The number of thioether (sulfide) groups is 1. The Morgan fingerprint density at radius 2 is 1.56 bits per heavy atom. The first-order chi connectivity index (χ1) is 7.81. The van der Waals surface area contributed by atoms with Crippen molar-refractivity contribution in [3.63, 3.8) is 0 Å². The van der Waals surface area contributed by atoms with Gasteiger partial charge in [-0.3, -0.25) is 0 Å². The molecule has 2 nitrogen and oxygen atoms in total. The van der Waals surface area contributed by atoms with Crippen LogP contribution in [0.2, 0.25) is 0 Å². The summed E-state index contributed by atoms with van der Waals surface area (Å²) in [6.45, 7) is 0. The molecule has 0 radical (unpaired) electrons. The molecule has 0 aliphatic rings. The van der Waals surface area contributed by atoms with Gasteiger partial charge in [-0.2, -0.15) is 0 Å². The number of nitrogens with one attached hydrogen (secondary N) is 1. The number of hydrogen-bond donors (Lipinski definition) is 2. The number of anilines is 3. The Kier molecular flexibility index (Phi) is 3.37. The summed E-state index contributed by atoms with van der Waals surface area (Å²) >= 11 is 1.72. The lowest BCUT2D eigenvalue weighted by Crippen LogP contribution is -1.96. The second kappa shape index (κ2) is 4.94. The second-order valence-corrected chi connectivity index (χ2v) is 4.26. The van der Waals surface area contributed by atoms with Gasteiger partial charge in [0.25, 0.3) is 0 Å². The van der Waals surface area contributed by atoms with Crippen molar-refractivity contribution in [3.8, 4) is 0 Å². The predicted octanol–water partition coefficient (Wildman–Crippen LogP) is 3.73. The number of hydrogen-bond acceptors (Lipinski definition) is 3. The molecule has 0 saturated heterocycles. The topological polar surface area (TPSA) is 38.0 Å². The van der Waals surface area contributed by atoms with Crippen LogP contribution in [0.15, 0.2) is 53.4 Å². The third-order valence-electron chi connectivity index (χ3n) is 2.34. The molecule has 0 aliphatic carbocycles. The van der Waals surface area contributed by atoms with Crippen LogP contribution in [0.5, 0.6) is 0 Å². The molecule has 16 heavy (non-hydrogen) atoms. The Hall–Kier alpha value is -1.61. The van der Waals surface area contributed by atoms with E-state index in [1.807, 2.05) is 36.4 Å². The molecule has 0 bridgehead atoms. The number of benzene rings is 2. The zero-order chi connectivity index (χ0) is 11.4. The van der Waals surface area contributed by atoms with Gasteiger partial charge >= 0.3 is 0 Å². The maximum Gasteiger partial charge on any atom is 0.0618 e. The van der Waals surface area contributed by atoms with E-state index in [0.717, 1.165) is 17.1 Å². The molecular weight excluding hydrogens is 216 g/mol. The first kappa shape index (κ1) is 10.9. The summed E-state index contributed by atoms with van der Waals surface area (Å²) in [7, 11) is 0. The molecule has 0 atom stereocenters. The van der Waals surface area contributed by atoms with E-state index in [1.165, 1.54) is 4.90 Å². The molecule has 3 heteroatoms. The molecule has 0 spiro atoms. The average molecular weight is 230 g/mol. The van der Waals surface area contributed by atoms with Crippen molar-refractivity contribution >= 4 is 28.8 Å². The molecule has 0 unspecified atom stereocenters. The highest BCUT2D eigenvalue weighted by molar-refractivity contribution is 7.98. The summed E-state index contributed by atoms with van der Waals surface area (Å²) in [5, 5.41) is 3.35. The Balaban J connectivity index is 2.30. The van der Waals surface area contributed by atoms with Gasteiger partial charge in [0.05, 0.1) is 17.1 Å². The lowest BCUT2D eigenvalue weighted by atomic mass is 10.2. The smallest absolute Gasteiger partial charge is 0.0618 e. The van der Waals surface area contributed by atoms with E-state index < -0.39 is 0 Å². The van der Waals surface area contributed by atoms with Gasteiger partial charge in [0.1, 0.15) is 0 Å². The summed E-state index contributed by atoms with van der Waals surface area (Å²) in [6.07, 6.45) is 2.06. The maximum atomic E-state index is 5.89. The Bertz CT molecular complexity index is 483. The van der Waals surface area contributed by atoms with Crippen LogP contribution in [0, 0.1) is 0 Å². The molecule has 2 aromatic carbocycles. The van der Waals surface area contributed by atoms with Crippen LogP contribution in [-0.2, 0) is 0 Å². The van der Waals surface area contributed by atoms with E-state index in [4.69, 9.17) is 5.73 Å². The molecule has 82 valence electrons. The first-order valence-corrected chi connectivity index (χ1v) is 6.28. The molecule has 2 aromatic rings. The third kappa shape index (κ3) is 2.31. The van der Waals surface area contributed by atoms with E-state index in [-0.39, 0.29) is 0 Å². The zero-order valence-electron chi connectivity index (χ0n) is 9.10. The van der Waals surface area contributed by atoms with Gasteiger partial charge in [-0.25, -0.2) is 0 Å². The van der Waals surface area contributed by atoms with Crippen molar-refractivity contribution in [3.05, 3.63) is 48.5 Å². The van der Waals surface area contributed by atoms with Crippen LogP contribution >= 0.6 is 11.8 Å². The van der Waals surface area contributed by atoms with Gasteiger partial charge in [0.15, 0.2) is 0 Å². The van der Waals surface area contributed by atoms with E-state index in [1.54, 1.807) is 11.8 Å². The second-order valence-electron chi connectivity index (χ2n) is 3.41. The number of rotatable bonds is 3. The Labute approximate surface area is 99.9 Å². The Morgan fingerprint density at radius 3 is 2.25 bits per heavy atom. The minimum Gasteiger partial charge on any atom is -0.397 e. The van der Waals surface area contributed by atoms with Gasteiger partial charge in [-0.05, 0) is 30.5 Å². The largest absolute Gasteiger partial charge is 0.397 e. The van der Waals surface area contributed by atoms with Crippen LogP contribution < -0.4 is 11.1 Å². The fourth-order valence-corrected chi connectivity index (χ4v) is 2.06. The molecular formula is C13H14N2S. The molecule has 2 rings (SSSR count). The predicted molar refractivity (Wildman–Crippen MR) is 72.4 cm³/mol. The molecule has 0 amide bonds. The monoisotopic (exact) mass is 230 g/mol. The van der Waals surface area contributed by atoms with Gasteiger partial charge in [-0.1, -0.05) is 24.3 Å². The lowest BCUT2D eigenvalue weighted by molar-refractivity contribution is 1.42. The minimum atomic E-state index is 0.762. The first-order valence-electron chi connectivity index (χ1n) is 5.06. The van der Waals surface area contributed by atoms with Crippen LogP contribution in [-0.4, -0.2) is 6.26 Å². The molecule has 0 fully saturated rings. The highest BCUT2D eigenvalue weighted by Crippen LogP contribution is 2.29.